The maximum absolute atomic E-state index is 10.9. The number of thioether (sulfide) groups is 1. The summed E-state index contributed by atoms with van der Waals surface area (Å²) in [5, 5.41) is 11.4. The molecule has 0 aliphatic heterocycles. The Hall–Kier alpha value is -1.49. The van der Waals surface area contributed by atoms with E-state index in [-0.39, 0.29) is 5.91 Å². The Balaban J connectivity index is 2.46. The molecule has 0 saturated carbocycles. The molecule has 0 aliphatic carbocycles. The molecule has 0 spiro atoms. The maximum atomic E-state index is 10.9. The zero-order valence-electron chi connectivity index (χ0n) is 10.5. The lowest BCUT2D eigenvalue weighted by Crippen LogP contribution is -2.41. The van der Waals surface area contributed by atoms with E-state index >= 15 is 0 Å². The fraction of sp³-hybridized carbons (Fsp3) is 0.385. The zero-order chi connectivity index (χ0) is 13.5. The van der Waals surface area contributed by atoms with Crippen molar-refractivity contribution in [3.05, 3.63) is 35.4 Å². The van der Waals surface area contributed by atoms with E-state index in [0.717, 1.165) is 5.75 Å². The monoisotopic (exact) mass is 267 g/mol. The number of carboxylic acid groups (broad SMARTS) is 1. The fourth-order valence-corrected chi connectivity index (χ4v) is 2.60. The number of carbonyl (C=O) groups excluding carboxylic acids is 1. The number of hydrogen-bond donors (Lipinski definition) is 2. The summed E-state index contributed by atoms with van der Waals surface area (Å²) in [4.78, 5) is 21.8. The largest absolute Gasteiger partial charge is 0.480 e. The van der Waals surface area contributed by atoms with Crippen LogP contribution in [0.4, 0.5) is 0 Å². The summed E-state index contributed by atoms with van der Waals surface area (Å²) in [6, 6.07) is 7.16. The second-order valence-corrected chi connectivity index (χ2v) is 5.06. The Bertz CT molecular complexity index is 434. The first kappa shape index (κ1) is 14.6. The number of carbonyl (C=O) groups is 2. The summed E-state index contributed by atoms with van der Waals surface area (Å²) in [6.07, 6.45) is 0. The average Bonchev–Trinajstić information content (AvgIpc) is 2.29. The molecule has 2 N–H and O–H groups in total. The van der Waals surface area contributed by atoms with Gasteiger partial charge in [0.25, 0.3) is 0 Å². The summed E-state index contributed by atoms with van der Waals surface area (Å²) in [5.74, 6) is -0.208. The Morgan fingerprint density at radius 3 is 2.61 bits per heavy atom. The second kappa shape index (κ2) is 7.06. The van der Waals surface area contributed by atoms with Crippen molar-refractivity contribution in [3.8, 4) is 0 Å². The number of nitrogens with one attached hydrogen (secondary N) is 1. The molecule has 1 rings (SSSR count). The van der Waals surface area contributed by atoms with Gasteiger partial charge in [-0.15, -0.1) is 0 Å². The molecule has 18 heavy (non-hydrogen) atoms. The van der Waals surface area contributed by atoms with E-state index in [4.69, 9.17) is 5.11 Å². The lowest BCUT2D eigenvalue weighted by Gasteiger charge is -2.13. The lowest BCUT2D eigenvalue weighted by molar-refractivity contribution is -0.140. The van der Waals surface area contributed by atoms with Crippen LogP contribution in [0, 0.1) is 6.92 Å². The summed E-state index contributed by atoms with van der Waals surface area (Å²) < 4.78 is 0. The number of aryl methyl sites for hydroxylation is 1. The van der Waals surface area contributed by atoms with Crippen LogP contribution in [0.5, 0.6) is 0 Å². The van der Waals surface area contributed by atoms with Crippen LogP contribution in [0.25, 0.3) is 0 Å². The molecule has 0 aromatic heterocycles. The third-order valence-electron chi connectivity index (χ3n) is 2.48. The minimum atomic E-state index is -0.998. The van der Waals surface area contributed by atoms with Crippen molar-refractivity contribution in [2.24, 2.45) is 0 Å². The van der Waals surface area contributed by atoms with Gasteiger partial charge >= 0.3 is 5.97 Å². The van der Waals surface area contributed by atoms with Gasteiger partial charge < -0.3 is 10.4 Å². The Morgan fingerprint density at radius 2 is 2.06 bits per heavy atom. The molecule has 0 heterocycles. The predicted molar refractivity (Wildman–Crippen MR) is 72.6 cm³/mol. The van der Waals surface area contributed by atoms with E-state index in [1.165, 1.54) is 29.8 Å². The molecule has 0 aliphatic rings. The van der Waals surface area contributed by atoms with Gasteiger partial charge in [-0.2, -0.15) is 11.8 Å². The van der Waals surface area contributed by atoms with Gasteiger partial charge in [0.05, 0.1) is 0 Å². The summed E-state index contributed by atoms with van der Waals surface area (Å²) in [7, 11) is 0. The third kappa shape index (κ3) is 4.79. The predicted octanol–water partition coefficient (Wildman–Crippen LogP) is 1.82. The van der Waals surface area contributed by atoms with Crippen molar-refractivity contribution < 1.29 is 14.7 Å². The van der Waals surface area contributed by atoms with Gasteiger partial charge in [-0.1, -0.05) is 24.3 Å². The van der Waals surface area contributed by atoms with Crippen LogP contribution >= 0.6 is 11.8 Å². The molecule has 1 unspecified atom stereocenters. The van der Waals surface area contributed by atoms with Crippen LogP contribution in [0.2, 0.25) is 0 Å². The molecular weight excluding hydrogens is 250 g/mol. The lowest BCUT2D eigenvalue weighted by atomic mass is 10.1. The van der Waals surface area contributed by atoms with Crippen molar-refractivity contribution in [2.45, 2.75) is 25.6 Å². The van der Waals surface area contributed by atoms with Crippen molar-refractivity contribution in [1.82, 2.24) is 5.32 Å². The highest BCUT2D eigenvalue weighted by Crippen LogP contribution is 2.16. The molecule has 0 bridgehead atoms. The molecule has 4 nitrogen and oxygen atoms in total. The SMILES string of the molecule is CC(=O)NC(CSCc1ccccc1C)C(=O)O. The number of rotatable bonds is 6. The minimum absolute atomic E-state index is 0.320. The highest BCUT2D eigenvalue weighted by molar-refractivity contribution is 7.98. The first-order chi connectivity index (χ1) is 8.50. The van der Waals surface area contributed by atoms with Crippen LogP contribution in [-0.2, 0) is 15.3 Å². The Morgan fingerprint density at radius 1 is 1.39 bits per heavy atom. The molecule has 0 saturated heterocycles. The van der Waals surface area contributed by atoms with Gasteiger partial charge in [0, 0.05) is 18.4 Å². The van der Waals surface area contributed by atoms with Gasteiger partial charge in [0.1, 0.15) is 6.04 Å². The summed E-state index contributed by atoms with van der Waals surface area (Å²) in [5.41, 5.74) is 2.38. The second-order valence-electron chi connectivity index (χ2n) is 4.03. The topological polar surface area (TPSA) is 66.4 Å². The van der Waals surface area contributed by atoms with Gasteiger partial charge in [-0.25, -0.2) is 4.79 Å². The fourth-order valence-electron chi connectivity index (χ4n) is 1.48. The summed E-state index contributed by atoms with van der Waals surface area (Å²) >= 11 is 1.50. The number of benzene rings is 1. The first-order valence-electron chi connectivity index (χ1n) is 5.63. The van der Waals surface area contributed by atoms with E-state index in [1.807, 2.05) is 31.2 Å². The van der Waals surface area contributed by atoms with Crippen LogP contribution in [-0.4, -0.2) is 28.8 Å². The highest BCUT2D eigenvalue weighted by Gasteiger charge is 2.17. The number of aliphatic carboxylic acids is 1. The van der Waals surface area contributed by atoms with Crippen LogP contribution in [0.3, 0.4) is 0 Å². The number of carboxylic acids is 1. The number of amides is 1. The van der Waals surface area contributed by atoms with E-state index < -0.39 is 12.0 Å². The van der Waals surface area contributed by atoms with Crippen LogP contribution in [0.15, 0.2) is 24.3 Å². The Kier molecular flexibility index (Phi) is 5.71. The van der Waals surface area contributed by atoms with Crippen LogP contribution < -0.4 is 5.32 Å². The average molecular weight is 267 g/mol. The van der Waals surface area contributed by atoms with Gasteiger partial charge in [-0.05, 0) is 18.1 Å². The quantitative estimate of drug-likeness (QED) is 0.825. The highest BCUT2D eigenvalue weighted by atomic mass is 32.2. The maximum Gasteiger partial charge on any atom is 0.327 e. The smallest absolute Gasteiger partial charge is 0.327 e. The molecule has 1 aromatic rings. The van der Waals surface area contributed by atoms with Gasteiger partial charge in [-0.3, -0.25) is 4.79 Å². The van der Waals surface area contributed by atoms with Gasteiger partial charge in [0.15, 0.2) is 0 Å². The molecule has 0 radical (unpaired) electrons. The minimum Gasteiger partial charge on any atom is -0.480 e. The normalized spacial score (nSPS) is 11.9. The Labute approximate surface area is 111 Å². The standard InChI is InChI=1S/C13H17NO3S/c1-9-5-3-4-6-11(9)7-18-8-12(13(16)17)14-10(2)15/h3-6,12H,7-8H2,1-2H3,(H,14,15)(H,16,17). The molecule has 5 heteroatoms. The molecule has 1 atom stereocenters. The van der Waals surface area contributed by atoms with E-state index in [0.29, 0.717) is 5.75 Å². The van der Waals surface area contributed by atoms with Crippen LogP contribution in [0.1, 0.15) is 18.1 Å². The van der Waals surface area contributed by atoms with E-state index in [1.54, 1.807) is 0 Å². The van der Waals surface area contributed by atoms with Crippen molar-refractivity contribution >= 4 is 23.6 Å². The summed E-state index contributed by atoms with van der Waals surface area (Å²) in [6.45, 7) is 3.35. The van der Waals surface area contributed by atoms with E-state index in [9.17, 15) is 9.59 Å². The van der Waals surface area contributed by atoms with Crippen molar-refractivity contribution in [1.29, 1.82) is 0 Å². The molecule has 0 fully saturated rings. The molecule has 1 aromatic carbocycles. The zero-order valence-corrected chi connectivity index (χ0v) is 11.3. The number of hydrogen-bond acceptors (Lipinski definition) is 3. The molecular formula is C13H17NO3S. The molecule has 98 valence electrons. The van der Waals surface area contributed by atoms with Crippen molar-refractivity contribution in [3.63, 3.8) is 0 Å². The molecule has 1 amide bonds. The third-order valence-corrected chi connectivity index (χ3v) is 3.56. The van der Waals surface area contributed by atoms with Crippen molar-refractivity contribution in [2.75, 3.05) is 5.75 Å². The van der Waals surface area contributed by atoms with Gasteiger partial charge in [0.2, 0.25) is 5.91 Å². The first-order valence-corrected chi connectivity index (χ1v) is 6.78. The van der Waals surface area contributed by atoms with E-state index in [2.05, 4.69) is 5.32 Å².